The highest BCUT2D eigenvalue weighted by atomic mass is 16.2. The van der Waals surface area contributed by atoms with Gasteiger partial charge in [-0.1, -0.05) is 32.0 Å². The highest BCUT2D eigenvalue weighted by molar-refractivity contribution is 5.95. The molecule has 136 valence electrons. The monoisotopic (exact) mass is 358 g/mol. The van der Waals surface area contributed by atoms with Gasteiger partial charge in [0.25, 0.3) is 5.91 Å². The van der Waals surface area contributed by atoms with Crippen molar-refractivity contribution in [3.8, 4) is 11.3 Å². The number of nitrogens with zero attached hydrogens (tertiary/aromatic N) is 4. The molecule has 1 aliphatic heterocycles. The van der Waals surface area contributed by atoms with Gasteiger partial charge in [-0.2, -0.15) is 10.2 Å². The van der Waals surface area contributed by atoms with Gasteiger partial charge in [0, 0.05) is 42.0 Å². The lowest BCUT2D eigenvalue weighted by Gasteiger charge is -2.39. The van der Waals surface area contributed by atoms with Crippen molar-refractivity contribution in [3.05, 3.63) is 77.7 Å². The first-order chi connectivity index (χ1) is 13.1. The maximum atomic E-state index is 12.6. The van der Waals surface area contributed by atoms with E-state index in [4.69, 9.17) is 0 Å². The predicted octanol–water partition coefficient (Wildman–Crippen LogP) is 3.90. The van der Waals surface area contributed by atoms with E-state index < -0.39 is 0 Å². The maximum Gasteiger partial charge on any atom is 0.253 e. The van der Waals surface area contributed by atoms with Crippen LogP contribution >= 0.6 is 0 Å². The maximum absolute atomic E-state index is 12.6. The van der Waals surface area contributed by atoms with Crippen molar-refractivity contribution in [2.75, 3.05) is 13.1 Å². The number of hydrogen-bond donors (Lipinski definition) is 0. The van der Waals surface area contributed by atoms with Crippen LogP contribution in [0.25, 0.3) is 11.3 Å². The molecule has 0 spiro atoms. The Morgan fingerprint density at radius 3 is 2.37 bits per heavy atom. The molecule has 3 aromatic rings. The number of aromatic nitrogens is 3. The summed E-state index contributed by atoms with van der Waals surface area (Å²) in [4.78, 5) is 18.9. The van der Waals surface area contributed by atoms with Crippen molar-refractivity contribution in [1.82, 2.24) is 20.1 Å². The summed E-state index contributed by atoms with van der Waals surface area (Å²) >= 11 is 0. The van der Waals surface area contributed by atoms with Gasteiger partial charge in [0.05, 0.1) is 11.4 Å². The third kappa shape index (κ3) is 3.58. The standard InChI is InChI=1S/C22H22N4O/c1-15(2)19-10-11-21(25-24-19)16-6-8-17(9-7-16)22(27)26-13-18(14-26)20-5-3-4-12-23-20/h3-12,15,18H,13-14H2,1-2H3. The Labute approximate surface area is 159 Å². The molecule has 0 aliphatic carbocycles. The van der Waals surface area contributed by atoms with Crippen molar-refractivity contribution in [2.24, 2.45) is 0 Å². The molecule has 1 aliphatic rings. The average Bonchev–Trinajstić information content (AvgIpc) is 2.68. The van der Waals surface area contributed by atoms with E-state index in [2.05, 4.69) is 29.0 Å². The van der Waals surface area contributed by atoms with E-state index in [9.17, 15) is 4.79 Å². The van der Waals surface area contributed by atoms with Crippen molar-refractivity contribution in [2.45, 2.75) is 25.7 Å². The molecule has 0 radical (unpaired) electrons. The summed E-state index contributed by atoms with van der Waals surface area (Å²) in [6.07, 6.45) is 1.80. The lowest BCUT2D eigenvalue weighted by atomic mass is 9.94. The predicted molar refractivity (Wildman–Crippen MR) is 104 cm³/mol. The molecule has 5 nitrogen and oxygen atoms in total. The summed E-state index contributed by atoms with van der Waals surface area (Å²) in [5.41, 5.74) is 4.51. The minimum Gasteiger partial charge on any atom is -0.337 e. The summed E-state index contributed by atoms with van der Waals surface area (Å²) in [5, 5.41) is 8.57. The Kier molecular flexibility index (Phi) is 4.67. The van der Waals surface area contributed by atoms with E-state index in [1.165, 1.54) is 0 Å². The van der Waals surface area contributed by atoms with Crippen molar-refractivity contribution < 1.29 is 4.79 Å². The molecule has 3 heterocycles. The van der Waals surface area contributed by atoms with Crippen LogP contribution in [0.5, 0.6) is 0 Å². The molecule has 4 rings (SSSR count). The number of carbonyl (C=O) groups excluding carboxylic acids is 1. The summed E-state index contributed by atoms with van der Waals surface area (Å²) in [5.74, 6) is 0.761. The van der Waals surface area contributed by atoms with Crippen molar-refractivity contribution in [3.63, 3.8) is 0 Å². The van der Waals surface area contributed by atoms with Gasteiger partial charge < -0.3 is 4.90 Å². The lowest BCUT2D eigenvalue weighted by Crippen LogP contribution is -2.48. The van der Waals surface area contributed by atoms with Gasteiger partial charge in [-0.15, -0.1) is 0 Å². The smallest absolute Gasteiger partial charge is 0.253 e. The van der Waals surface area contributed by atoms with Gasteiger partial charge in [0.15, 0.2) is 0 Å². The first-order valence-corrected chi connectivity index (χ1v) is 9.26. The first-order valence-electron chi connectivity index (χ1n) is 9.26. The highest BCUT2D eigenvalue weighted by Crippen LogP contribution is 2.27. The van der Waals surface area contributed by atoms with Crippen molar-refractivity contribution >= 4 is 5.91 Å². The van der Waals surface area contributed by atoms with Gasteiger partial charge >= 0.3 is 0 Å². The molecule has 1 fully saturated rings. The number of amides is 1. The molecule has 0 bridgehead atoms. The minimum atomic E-state index is 0.0648. The van der Waals surface area contributed by atoms with Crippen molar-refractivity contribution in [1.29, 1.82) is 0 Å². The average molecular weight is 358 g/mol. The fourth-order valence-corrected chi connectivity index (χ4v) is 3.22. The largest absolute Gasteiger partial charge is 0.337 e. The van der Waals surface area contributed by atoms with Crippen LogP contribution in [0.2, 0.25) is 0 Å². The third-order valence-electron chi connectivity index (χ3n) is 4.98. The number of rotatable bonds is 4. The molecule has 0 saturated carbocycles. The van der Waals surface area contributed by atoms with E-state index in [1.54, 1.807) is 6.20 Å². The highest BCUT2D eigenvalue weighted by Gasteiger charge is 2.32. The molecule has 1 aromatic carbocycles. The quantitative estimate of drug-likeness (QED) is 0.710. The number of benzene rings is 1. The fraction of sp³-hybridized carbons (Fsp3) is 0.273. The second-order valence-corrected chi connectivity index (χ2v) is 7.24. The van der Waals surface area contributed by atoms with Gasteiger partial charge in [0.2, 0.25) is 0 Å². The summed E-state index contributed by atoms with van der Waals surface area (Å²) in [6, 6.07) is 17.5. The van der Waals surface area contributed by atoms with Gasteiger partial charge in [0.1, 0.15) is 0 Å². The fourth-order valence-electron chi connectivity index (χ4n) is 3.22. The molecule has 1 amide bonds. The molecule has 0 N–H and O–H groups in total. The summed E-state index contributed by atoms with van der Waals surface area (Å²) < 4.78 is 0. The van der Waals surface area contributed by atoms with Crippen LogP contribution in [0, 0.1) is 0 Å². The molecular weight excluding hydrogens is 336 g/mol. The first kappa shape index (κ1) is 17.3. The Morgan fingerprint density at radius 2 is 1.78 bits per heavy atom. The SMILES string of the molecule is CC(C)c1ccc(-c2ccc(C(=O)N3CC(c4ccccn4)C3)cc2)nn1. The summed E-state index contributed by atoms with van der Waals surface area (Å²) in [6.45, 7) is 5.63. The van der Waals surface area contributed by atoms with Crippen LogP contribution in [0.1, 0.15) is 47.4 Å². The van der Waals surface area contributed by atoms with Gasteiger partial charge in [-0.05, 0) is 42.3 Å². The van der Waals surface area contributed by atoms with E-state index in [0.717, 1.165) is 35.7 Å². The number of hydrogen-bond acceptors (Lipinski definition) is 4. The van der Waals surface area contributed by atoms with Crippen LogP contribution in [0.3, 0.4) is 0 Å². The topological polar surface area (TPSA) is 59.0 Å². The van der Waals surface area contributed by atoms with Crippen LogP contribution in [-0.4, -0.2) is 39.1 Å². The number of likely N-dealkylation sites (tertiary alicyclic amines) is 1. The minimum absolute atomic E-state index is 0.0648. The normalized spacial score (nSPS) is 14.3. The van der Waals surface area contributed by atoms with Gasteiger partial charge in [-0.3, -0.25) is 9.78 Å². The van der Waals surface area contributed by atoms with Gasteiger partial charge in [-0.25, -0.2) is 0 Å². The van der Waals surface area contributed by atoms with Crippen LogP contribution in [0.4, 0.5) is 0 Å². The Bertz CT molecular complexity index is 915. The molecule has 2 aromatic heterocycles. The Balaban J connectivity index is 1.41. The number of carbonyl (C=O) groups is 1. The van der Waals surface area contributed by atoms with E-state index >= 15 is 0 Å². The van der Waals surface area contributed by atoms with Crippen LogP contribution in [0.15, 0.2) is 60.8 Å². The van der Waals surface area contributed by atoms with Crippen LogP contribution < -0.4 is 0 Å². The Hall–Kier alpha value is -3.08. The molecule has 0 unspecified atom stereocenters. The van der Waals surface area contributed by atoms with E-state index in [1.807, 2.05) is 59.5 Å². The van der Waals surface area contributed by atoms with Crippen LogP contribution in [-0.2, 0) is 0 Å². The zero-order chi connectivity index (χ0) is 18.8. The zero-order valence-electron chi connectivity index (χ0n) is 15.5. The van der Waals surface area contributed by atoms with E-state index in [0.29, 0.717) is 17.4 Å². The molecule has 5 heteroatoms. The second kappa shape index (κ2) is 7.27. The molecular formula is C22H22N4O. The number of pyridine rings is 1. The zero-order valence-corrected chi connectivity index (χ0v) is 15.5. The molecule has 0 atom stereocenters. The Morgan fingerprint density at radius 1 is 1.00 bits per heavy atom. The molecule has 27 heavy (non-hydrogen) atoms. The lowest BCUT2D eigenvalue weighted by molar-refractivity contribution is 0.0599. The third-order valence-corrected chi connectivity index (χ3v) is 4.98. The molecule has 1 saturated heterocycles. The summed E-state index contributed by atoms with van der Waals surface area (Å²) in [7, 11) is 0. The van der Waals surface area contributed by atoms with E-state index in [-0.39, 0.29) is 5.91 Å². The second-order valence-electron chi connectivity index (χ2n) is 7.24.